The van der Waals surface area contributed by atoms with Gasteiger partial charge < -0.3 is 14.6 Å². The van der Waals surface area contributed by atoms with Gasteiger partial charge in [0, 0.05) is 25.7 Å². The number of H-pyrrole nitrogens is 1. The lowest BCUT2D eigenvalue weighted by atomic mass is 9.93. The Hall–Kier alpha value is -2.11. The topological polar surface area (TPSA) is 71.1 Å². The van der Waals surface area contributed by atoms with Crippen molar-refractivity contribution in [2.24, 2.45) is 5.92 Å². The molecule has 1 fully saturated rings. The molecule has 0 radical (unpaired) electrons. The third kappa shape index (κ3) is 4.00. The molecule has 0 aromatic carbocycles. The quantitative estimate of drug-likeness (QED) is 0.924. The first kappa shape index (κ1) is 15.8. The Morgan fingerprint density at radius 2 is 2.13 bits per heavy atom. The fourth-order valence-electron chi connectivity index (χ4n) is 2.91. The monoisotopic (exact) mass is 316 g/mol. The molecule has 2 aromatic rings. The Morgan fingerprint density at radius 3 is 2.78 bits per heavy atom. The van der Waals surface area contributed by atoms with Crippen molar-refractivity contribution in [1.29, 1.82) is 0 Å². The van der Waals surface area contributed by atoms with Crippen LogP contribution in [0.25, 0.3) is 11.2 Å². The number of hydrogen-bond acceptors (Lipinski definition) is 4. The smallest absolute Gasteiger partial charge is 0.410 e. The Kier molecular flexibility index (Phi) is 4.24. The summed E-state index contributed by atoms with van der Waals surface area (Å²) < 4.78 is 5.43. The molecule has 1 N–H and O–H groups in total. The van der Waals surface area contributed by atoms with Crippen LogP contribution >= 0.6 is 0 Å². The molecular formula is C17H24N4O2. The third-order valence-corrected chi connectivity index (χ3v) is 4.05. The van der Waals surface area contributed by atoms with Gasteiger partial charge in [-0.2, -0.15) is 0 Å². The lowest BCUT2D eigenvalue weighted by Gasteiger charge is -2.33. The van der Waals surface area contributed by atoms with Crippen LogP contribution in [0.4, 0.5) is 4.79 Å². The highest BCUT2D eigenvalue weighted by Gasteiger charge is 2.27. The number of likely N-dealkylation sites (tertiary alicyclic amines) is 1. The van der Waals surface area contributed by atoms with Gasteiger partial charge in [-0.05, 0) is 51.7 Å². The van der Waals surface area contributed by atoms with Crippen LogP contribution in [0.15, 0.2) is 18.3 Å². The minimum absolute atomic E-state index is 0.205. The lowest BCUT2D eigenvalue weighted by molar-refractivity contribution is 0.0184. The number of aromatic nitrogens is 3. The molecule has 124 valence electrons. The molecule has 1 saturated heterocycles. The van der Waals surface area contributed by atoms with Crippen LogP contribution in [0.5, 0.6) is 0 Å². The number of rotatable bonds is 2. The molecule has 0 aliphatic carbocycles. The minimum atomic E-state index is -0.435. The van der Waals surface area contributed by atoms with Crippen molar-refractivity contribution in [2.75, 3.05) is 13.1 Å². The van der Waals surface area contributed by atoms with E-state index in [2.05, 4.69) is 15.0 Å². The normalized spacial score (nSPS) is 16.7. The summed E-state index contributed by atoms with van der Waals surface area (Å²) in [4.78, 5) is 26.0. The number of ether oxygens (including phenoxy) is 1. The minimum Gasteiger partial charge on any atom is -0.444 e. The molecule has 0 unspecified atom stereocenters. The predicted octanol–water partition coefficient (Wildman–Crippen LogP) is 3.15. The Bertz CT molecular complexity index is 648. The molecule has 0 saturated carbocycles. The van der Waals surface area contributed by atoms with Gasteiger partial charge in [0.1, 0.15) is 11.4 Å². The summed E-state index contributed by atoms with van der Waals surface area (Å²) in [5.41, 5.74) is 1.32. The molecule has 1 aliphatic heterocycles. The number of fused-ring (bicyclic) bond motifs is 1. The average molecular weight is 316 g/mol. The number of pyridine rings is 1. The van der Waals surface area contributed by atoms with E-state index in [1.807, 2.05) is 37.8 Å². The largest absolute Gasteiger partial charge is 0.444 e. The van der Waals surface area contributed by atoms with Crippen LogP contribution in [-0.2, 0) is 11.2 Å². The van der Waals surface area contributed by atoms with Gasteiger partial charge in [0.2, 0.25) is 0 Å². The van der Waals surface area contributed by atoms with E-state index >= 15 is 0 Å². The molecule has 1 amide bonds. The maximum absolute atomic E-state index is 12.1. The van der Waals surface area contributed by atoms with Gasteiger partial charge in [0.15, 0.2) is 5.65 Å². The summed E-state index contributed by atoms with van der Waals surface area (Å²) in [6.07, 6.45) is 4.40. The summed E-state index contributed by atoms with van der Waals surface area (Å²) in [6.45, 7) is 7.18. The van der Waals surface area contributed by atoms with Crippen molar-refractivity contribution < 1.29 is 9.53 Å². The molecule has 0 spiro atoms. The highest BCUT2D eigenvalue weighted by molar-refractivity contribution is 5.70. The average Bonchev–Trinajstić information content (AvgIpc) is 2.88. The van der Waals surface area contributed by atoms with E-state index in [4.69, 9.17) is 4.74 Å². The van der Waals surface area contributed by atoms with Crippen LogP contribution < -0.4 is 0 Å². The van der Waals surface area contributed by atoms with Crippen LogP contribution in [-0.4, -0.2) is 44.6 Å². The van der Waals surface area contributed by atoms with Gasteiger partial charge in [-0.25, -0.2) is 14.8 Å². The van der Waals surface area contributed by atoms with Crippen molar-refractivity contribution in [2.45, 2.75) is 45.6 Å². The van der Waals surface area contributed by atoms with Gasteiger partial charge in [-0.3, -0.25) is 0 Å². The number of hydrogen-bond donors (Lipinski definition) is 1. The number of imidazole rings is 1. The second kappa shape index (κ2) is 6.18. The summed E-state index contributed by atoms with van der Waals surface area (Å²) in [7, 11) is 0. The van der Waals surface area contributed by atoms with Gasteiger partial charge in [-0.1, -0.05) is 0 Å². The molecule has 2 aromatic heterocycles. The summed E-state index contributed by atoms with van der Waals surface area (Å²) in [5, 5.41) is 0. The van der Waals surface area contributed by atoms with E-state index in [9.17, 15) is 4.79 Å². The Balaban J connectivity index is 1.54. The summed E-state index contributed by atoms with van der Waals surface area (Å²) in [5.74, 6) is 1.52. The second-order valence-corrected chi connectivity index (χ2v) is 7.17. The molecule has 3 rings (SSSR count). The number of amides is 1. The summed E-state index contributed by atoms with van der Waals surface area (Å²) >= 11 is 0. The number of nitrogens with zero attached hydrogens (tertiary/aromatic N) is 3. The molecular weight excluding hydrogens is 292 g/mol. The summed E-state index contributed by atoms with van der Waals surface area (Å²) in [6, 6.07) is 3.90. The van der Waals surface area contributed by atoms with Gasteiger partial charge >= 0.3 is 6.09 Å². The maximum Gasteiger partial charge on any atom is 0.410 e. The number of carbonyl (C=O) groups is 1. The van der Waals surface area contributed by atoms with Gasteiger partial charge in [-0.15, -0.1) is 0 Å². The molecule has 6 nitrogen and oxygen atoms in total. The van der Waals surface area contributed by atoms with E-state index in [0.29, 0.717) is 5.92 Å². The molecule has 6 heteroatoms. The first-order chi connectivity index (χ1) is 10.9. The Morgan fingerprint density at radius 1 is 1.39 bits per heavy atom. The third-order valence-electron chi connectivity index (χ3n) is 4.05. The van der Waals surface area contributed by atoms with Crippen LogP contribution in [0.2, 0.25) is 0 Å². The van der Waals surface area contributed by atoms with Crippen LogP contribution in [0.3, 0.4) is 0 Å². The van der Waals surface area contributed by atoms with Crippen molar-refractivity contribution in [1.82, 2.24) is 19.9 Å². The van der Waals surface area contributed by atoms with E-state index < -0.39 is 5.60 Å². The van der Waals surface area contributed by atoms with E-state index in [1.54, 1.807) is 6.20 Å². The highest BCUT2D eigenvalue weighted by Crippen LogP contribution is 2.23. The molecule has 1 aliphatic rings. The van der Waals surface area contributed by atoms with Crippen molar-refractivity contribution >= 4 is 17.3 Å². The fraction of sp³-hybridized carbons (Fsp3) is 0.588. The highest BCUT2D eigenvalue weighted by atomic mass is 16.6. The fourth-order valence-corrected chi connectivity index (χ4v) is 2.91. The zero-order valence-corrected chi connectivity index (χ0v) is 14.0. The first-order valence-corrected chi connectivity index (χ1v) is 8.18. The van der Waals surface area contributed by atoms with Crippen LogP contribution in [0, 0.1) is 5.92 Å². The van der Waals surface area contributed by atoms with E-state index in [0.717, 1.165) is 49.3 Å². The molecule has 23 heavy (non-hydrogen) atoms. The number of carbonyl (C=O) groups excluding carboxylic acids is 1. The van der Waals surface area contributed by atoms with E-state index in [-0.39, 0.29) is 6.09 Å². The van der Waals surface area contributed by atoms with E-state index in [1.165, 1.54) is 0 Å². The number of nitrogens with one attached hydrogen (secondary N) is 1. The lowest BCUT2D eigenvalue weighted by Crippen LogP contribution is -2.42. The van der Waals surface area contributed by atoms with Crippen molar-refractivity contribution in [3.63, 3.8) is 0 Å². The standard InChI is InChI=1S/C17H24N4O2/c1-17(2,3)23-16(22)21-9-6-12(7-10-21)11-14-19-13-5-4-8-18-15(13)20-14/h4-5,8,12H,6-7,9-11H2,1-3H3,(H,18,19,20). The first-order valence-electron chi connectivity index (χ1n) is 8.18. The zero-order valence-electron chi connectivity index (χ0n) is 14.0. The second-order valence-electron chi connectivity index (χ2n) is 7.17. The zero-order chi connectivity index (χ0) is 16.4. The van der Waals surface area contributed by atoms with Crippen LogP contribution in [0.1, 0.15) is 39.4 Å². The molecule has 0 bridgehead atoms. The Labute approximate surface area is 136 Å². The maximum atomic E-state index is 12.1. The van der Waals surface area contributed by atoms with Crippen molar-refractivity contribution in [3.8, 4) is 0 Å². The molecule has 0 atom stereocenters. The predicted molar refractivity (Wildman–Crippen MR) is 88.1 cm³/mol. The van der Waals surface area contributed by atoms with Gasteiger partial charge in [0.25, 0.3) is 0 Å². The number of piperidine rings is 1. The number of aromatic amines is 1. The molecule has 3 heterocycles. The van der Waals surface area contributed by atoms with Crippen molar-refractivity contribution in [3.05, 3.63) is 24.2 Å². The van der Waals surface area contributed by atoms with Gasteiger partial charge in [0.05, 0.1) is 5.52 Å². The SMILES string of the molecule is CC(C)(C)OC(=O)N1CCC(Cc2nc3ncccc3[nH]2)CC1.